The number of hydrogen-bond donors (Lipinski definition) is 1. The second-order valence-corrected chi connectivity index (χ2v) is 5.35. The highest BCUT2D eigenvalue weighted by Crippen LogP contribution is 2.34. The Hall–Kier alpha value is -1.73. The highest BCUT2D eigenvalue weighted by Gasteiger charge is 2.34. The Morgan fingerprint density at radius 1 is 1.55 bits per heavy atom. The van der Waals surface area contributed by atoms with E-state index in [-0.39, 0.29) is 24.0 Å². The van der Waals surface area contributed by atoms with Crippen LogP contribution in [0.25, 0.3) is 0 Å². The highest BCUT2D eigenvalue weighted by molar-refractivity contribution is 5.64. The van der Waals surface area contributed by atoms with E-state index in [1.165, 1.54) is 12.1 Å². The third-order valence-corrected chi connectivity index (χ3v) is 3.41. The average Bonchev–Trinajstić information content (AvgIpc) is 2.68. The molecule has 110 valence electrons. The van der Waals surface area contributed by atoms with Crippen molar-refractivity contribution in [2.75, 3.05) is 32.1 Å². The summed E-state index contributed by atoms with van der Waals surface area (Å²) in [4.78, 5) is 14.2. The van der Waals surface area contributed by atoms with Gasteiger partial charge in [-0.3, -0.25) is 10.1 Å². The number of benzene rings is 1. The number of nitrogens with zero attached hydrogens (tertiary/aromatic N) is 3. The molecule has 1 aliphatic heterocycles. The summed E-state index contributed by atoms with van der Waals surface area (Å²) in [6, 6.07) is 3.34. The van der Waals surface area contributed by atoms with E-state index >= 15 is 0 Å². The summed E-state index contributed by atoms with van der Waals surface area (Å²) in [7, 11) is 3.78. The Labute approximate surface area is 116 Å². The zero-order valence-corrected chi connectivity index (χ0v) is 11.5. The van der Waals surface area contributed by atoms with Crippen molar-refractivity contribution in [1.82, 2.24) is 4.90 Å². The minimum Gasteiger partial charge on any atom is -0.391 e. The van der Waals surface area contributed by atoms with Gasteiger partial charge < -0.3 is 14.9 Å². The maximum atomic E-state index is 13.4. The van der Waals surface area contributed by atoms with Gasteiger partial charge in [-0.2, -0.15) is 0 Å². The molecule has 7 heteroatoms. The van der Waals surface area contributed by atoms with E-state index in [1.807, 2.05) is 19.0 Å². The van der Waals surface area contributed by atoms with Crippen molar-refractivity contribution in [3.8, 4) is 0 Å². The molecule has 1 aromatic carbocycles. The zero-order chi connectivity index (χ0) is 14.9. The first-order valence-electron chi connectivity index (χ1n) is 6.42. The number of halogens is 1. The maximum Gasteiger partial charge on any atom is 0.292 e. The van der Waals surface area contributed by atoms with Crippen LogP contribution in [0.4, 0.5) is 15.8 Å². The van der Waals surface area contributed by atoms with Crippen LogP contribution in [0.5, 0.6) is 0 Å². The molecule has 0 saturated carbocycles. The summed E-state index contributed by atoms with van der Waals surface area (Å²) in [6.45, 7) is 0.924. The summed E-state index contributed by atoms with van der Waals surface area (Å²) in [5.74, 6) is -0.518. The minimum absolute atomic E-state index is 0.0690. The van der Waals surface area contributed by atoms with Crippen LogP contribution in [-0.2, 0) is 0 Å². The van der Waals surface area contributed by atoms with Gasteiger partial charge in [-0.25, -0.2) is 4.39 Å². The van der Waals surface area contributed by atoms with Crippen LogP contribution in [0.15, 0.2) is 18.2 Å². The molecule has 1 saturated heterocycles. The summed E-state index contributed by atoms with van der Waals surface area (Å²) in [5.41, 5.74) is 0.0997. The van der Waals surface area contributed by atoms with Crippen molar-refractivity contribution in [2.45, 2.75) is 18.6 Å². The van der Waals surface area contributed by atoms with Crippen molar-refractivity contribution < 1.29 is 14.4 Å². The first-order valence-corrected chi connectivity index (χ1v) is 6.42. The van der Waals surface area contributed by atoms with Crippen LogP contribution >= 0.6 is 0 Å². The molecule has 2 unspecified atom stereocenters. The number of β-amino-alcohol motifs (C(OH)–C–C–N with tert-alkyl or cyclic N) is 1. The van der Waals surface area contributed by atoms with Crippen molar-refractivity contribution in [3.63, 3.8) is 0 Å². The van der Waals surface area contributed by atoms with Gasteiger partial charge in [-0.1, -0.05) is 0 Å². The van der Waals surface area contributed by atoms with E-state index in [9.17, 15) is 19.6 Å². The minimum atomic E-state index is -0.553. The lowest BCUT2D eigenvalue weighted by Crippen LogP contribution is -2.38. The molecule has 0 aromatic heterocycles. The first kappa shape index (κ1) is 14.7. The van der Waals surface area contributed by atoms with E-state index in [0.29, 0.717) is 13.0 Å². The third kappa shape index (κ3) is 3.05. The van der Waals surface area contributed by atoms with Crippen molar-refractivity contribution >= 4 is 11.4 Å². The fraction of sp³-hybridized carbons (Fsp3) is 0.538. The lowest BCUT2D eigenvalue weighted by atomic mass is 10.1. The standard InChI is InChI=1S/C13H18FN3O3/c1-15(2)7-10-6-11(18)8-16(10)13-5-9(14)3-4-12(13)17(19)20/h3-5,10-11,18H,6-8H2,1-2H3. The predicted octanol–water partition coefficient (Wildman–Crippen LogP) is 1.24. The Bertz CT molecular complexity index is 510. The number of aliphatic hydroxyl groups is 1. The quantitative estimate of drug-likeness (QED) is 0.665. The summed E-state index contributed by atoms with van der Waals surface area (Å²) < 4.78 is 13.4. The fourth-order valence-electron chi connectivity index (χ4n) is 2.66. The molecule has 1 fully saturated rings. The zero-order valence-electron chi connectivity index (χ0n) is 11.5. The van der Waals surface area contributed by atoms with Gasteiger partial charge in [0.2, 0.25) is 0 Å². The van der Waals surface area contributed by atoms with Crippen LogP contribution < -0.4 is 4.90 Å². The maximum absolute atomic E-state index is 13.4. The largest absolute Gasteiger partial charge is 0.391 e. The van der Waals surface area contributed by atoms with Gasteiger partial charge in [0.05, 0.1) is 11.0 Å². The molecule has 1 heterocycles. The number of rotatable bonds is 4. The Morgan fingerprint density at radius 3 is 2.85 bits per heavy atom. The molecule has 1 aliphatic rings. The first-order chi connectivity index (χ1) is 9.38. The SMILES string of the molecule is CN(C)CC1CC(O)CN1c1cc(F)ccc1[N+](=O)[O-]. The molecule has 0 spiro atoms. The predicted molar refractivity (Wildman–Crippen MR) is 73.4 cm³/mol. The fourth-order valence-corrected chi connectivity index (χ4v) is 2.66. The van der Waals surface area contributed by atoms with Crippen molar-refractivity contribution in [2.24, 2.45) is 0 Å². The highest BCUT2D eigenvalue weighted by atomic mass is 19.1. The molecule has 6 nitrogen and oxygen atoms in total. The van der Waals surface area contributed by atoms with Crippen LogP contribution in [0.1, 0.15) is 6.42 Å². The van der Waals surface area contributed by atoms with E-state index < -0.39 is 16.8 Å². The summed E-state index contributed by atoms with van der Waals surface area (Å²) in [6.07, 6.45) is -0.0333. The Kier molecular flexibility index (Phi) is 4.20. The molecule has 0 bridgehead atoms. The number of aliphatic hydroxyl groups excluding tert-OH is 1. The van der Waals surface area contributed by atoms with Gasteiger partial charge in [0, 0.05) is 31.3 Å². The van der Waals surface area contributed by atoms with E-state index in [0.717, 1.165) is 6.07 Å². The second-order valence-electron chi connectivity index (χ2n) is 5.35. The number of nitro benzene ring substituents is 1. The molecular formula is C13H18FN3O3. The van der Waals surface area contributed by atoms with Crippen LogP contribution in [0.2, 0.25) is 0 Å². The van der Waals surface area contributed by atoms with E-state index in [2.05, 4.69) is 0 Å². The van der Waals surface area contributed by atoms with E-state index in [1.54, 1.807) is 4.90 Å². The number of hydrogen-bond acceptors (Lipinski definition) is 5. The van der Waals surface area contributed by atoms with Gasteiger partial charge in [0.15, 0.2) is 0 Å². The molecule has 0 radical (unpaired) electrons. The van der Waals surface area contributed by atoms with Crippen molar-refractivity contribution in [1.29, 1.82) is 0 Å². The van der Waals surface area contributed by atoms with Crippen LogP contribution in [-0.4, -0.2) is 54.3 Å². The molecule has 1 N–H and O–H groups in total. The average molecular weight is 283 g/mol. The Morgan fingerprint density at radius 2 is 2.25 bits per heavy atom. The lowest BCUT2D eigenvalue weighted by Gasteiger charge is -2.28. The number of nitro groups is 1. The van der Waals surface area contributed by atoms with E-state index in [4.69, 9.17) is 0 Å². The van der Waals surface area contributed by atoms with Crippen LogP contribution in [0.3, 0.4) is 0 Å². The summed E-state index contributed by atoms with van der Waals surface area (Å²) >= 11 is 0. The van der Waals surface area contributed by atoms with Gasteiger partial charge in [0.1, 0.15) is 11.5 Å². The topological polar surface area (TPSA) is 69.8 Å². The molecular weight excluding hydrogens is 265 g/mol. The molecule has 0 aliphatic carbocycles. The van der Waals surface area contributed by atoms with Gasteiger partial charge in [0.25, 0.3) is 5.69 Å². The molecule has 2 atom stereocenters. The second kappa shape index (κ2) is 5.72. The van der Waals surface area contributed by atoms with Gasteiger partial charge in [-0.05, 0) is 26.6 Å². The molecule has 1 aromatic rings. The number of likely N-dealkylation sites (N-methyl/N-ethyl adjacent to an activating group) is 1. The smallest absolute Gasteiger partial charge is 0.292 e. The molecule has 20 heavy (non-hydrogen) atoms. The Balaban J connectivity index is 2.37. The monoisotopic (exact) mass is 283 g/mol. The third-order valence-electron chi connectivity index (χ3n) is 3.41. The normalized spacial score (nSPS) is 22.6. The van der Waals surface area contributed by atoms with Crippen molar-refractivity contribution in [3.05, 3.63) is 34.1 Å². The molecule has 0 amide bonds. The molecule has 2 rings (SSSR count). The van der Waals surface area contributed by atoms with Gasteiger partial charge in [-0.15, -0.1) is 0 Å². The van der Waals surface area contributed by atoms with Crippen LogP contribution in [0, 0.1) is 15.9 Å². The summed E-state index contributed by atoms with van der Waals surface area (Å²) in [5, 5.41) is 20.9. The van der Waals surface area contributed by atoms with Gasteiger partial charge >= 0.3 is 0 Å². The lowest BCUT2D eigenvalue weighted by molar-refractivity contribution is -0.384. The number of anilines is 1.